The zero-order valence-corrected chi connectivity index (χ0v) is 19.8. The van der Waals surface area contributed by atoms with Crippen LogP contribution in [0.15, 0.2) is 59.7 Å². The molecule has 1 aliphatic heterocycles. The van der Waals surface area contributed by atoms with Gasteiger partial charge in [0.1, 0.15) is 5.83 Å². The number of halogens is 4. The number of rotatable bonds is 7. The SMILES string of the molecule is CCc1ccc(-c2ccc(C3CCC(OCC4=CCC(C5CO5)C(F)=C4F)CC3)c(F)c2F)cc1. The van der Waals surface area contributed by atoms with Gasteiger partial charge < -0.3 is 9.47 Å². The smallest absolute Gasteiger partial charge is 0.166 e. The van der Waals surface area contributed by atoms with Crippen LogP contribution in [0.1, 0.15) is 56.1 Å². The Balaban J connectivity index is 1.18. The van der Waals surface area contributed by atoms with Gasteiger partial charge in [-0.15, -0.1) is 0 Å². The van der Waals surface area contributed by atoms with Gasteiger partial charge >= 0.3 is 0 Å². The van der Waals surface area contributed by atoms with Crippen LogP contribution >= 0.6 is 0 Å². The van der Waals surface area contributed by atoms with E-state index in [9.17, 15) is 13.2 Å². The van der Waals surface area contributed by atoms with Crippen LogP contribution in [-0.4, -0.2) is 25.4 Å². The van der Waals surface area contributed by atoms with Gasteiger partial charge in [0.25, 0.3) is 0 Å². The van der Waals surface area contributed by atoms with Gasteiger partial charge in [0, 0.05) is 17.1 Å². The van der Waals surface area contributed by atoms with E-state index in [0.29, 0.717) is 49.8 Å². The Morgan fingerprint density at radius 2 is 1.63 bits per heavy atom. The van der Waals surface area contributed by atoms with Crippen molar-refractivity contribution in [3.63, 3.8) is 0 Å². The number of epoxide rings is 1. The molecular formula is C29H30F4O2. The molecule has 0 radical (unpaired) electrons. The molecule has 2 aliphatic carbocycles. The average Bonchev–Trinajstić information content (AvgIpc) is 3.72. The molecular weight excluding hydrogens is 456 g/mol. The lowest BCUT2D eigenvalue weighted by Gasteiger charge is -2.30. The lowest BCUT2D eigenvalue weighted by Crippen LogP contribution is -2.23. The van der Waals surface area contributed by atoms with Crippen LogP contribution in [0.3, 0.4) is 0 Å². The van der Waals surface area contributed by atoms with Crippen LogP contribution in [0.4, 0.5) is 17.6 Å². The molecule has 5 rings (SSSR count). The third-order valence-corrected chi connectivity index (χ3v) is 7.62. The van der Waals surface area contributed by atoms with Gasteiger partial charge in [-0.05, 0) is 61.1 Å². The molecule has 35 heavy (non-hydrogen) atoms. The highest BCUT2D eigenvalue weighted by Gasteiger charge is 2.39. The molecule has 2 atom stereocenters. The van der Waals surface area contributed by atoms with Crippen molar-refractivity contribution in [1.82, 2.24) is 0 Å². The third kappa shape index (κ3) is 5.10. The van der Waals surface area contributed by atoms with Gasteiger partial charge in [0.05, 0.1) is 25.4 Å². The molecule has 0 aromatic heterocycles. The maximum absolute atomic E-state index is 15.0. The van der Waals surface area contributed by atoms with E-state index < -0.39 is 29.2 Å². The lowest BCUT2D eigenvalue weighted by atomic mass is 9.82. The predicted molar refractivity (Wildman–Crippen MR) is 127 cm³/mol. The van der Waals surface area contributed by atoms with Crippen LogP contribution in [0.5, 0.6) is 0 Å². The molecule has 1 heterocycles. The van der Waals surface area contributed by atoms with Crippen molar-refractivity contribution < 1.29 is 27.0 Å². The number of aryl methyl sites for hydroxylation is 1. The standard InChI is InChI=1S/C29H30F4O2/c1-2-17-3-5-18(6-4-17)22-13-14-23(28(32)27(22)31)19-7-10-21(11-8-19)34-15-20-9-12-24(25-16-35-25)29(33)26(20)30/h3-6,9,13-14,19,21,24-25H,2,7-8,10-12,15-16H2,1H3. The summed E-state index contributed by atoms with van der Waals surface area (Å²) in [7, 11) is 0. The summed E-state index contributed by atoms with van der Waals surface area (Å²) < 4.78 is 69.7. The van der Waals surface area contributed by atoms with E-state index in [1.807, 2.05) is 31.2 Å². The predicted octanol–water partition coefficient (Wildman–Crippen LogP) is 7.73. The maximum atomic E-state index is 15.0. The van der Waals surface area contributed by atoms with Gasteiger partial charge in [-0.1, -0.05) is 49.4 Å². The minimum absolute atomic E-state index is 0.0152. The van der Waals surface area contributed by atoms with E-state index in [2.05, 4.69) is 0 Å². The van der Waals surface area contributed by atoms with E-state index in [0.717, 1.165) is 12.0 Å². The minimum Gasteiger partial charge on any atom is -0.373 e. The number of ether oxygens (including phenoxy) is 2. The topological polar surface area (TPSA) is 21.8 Å². The first kappa shape index (κ1) is 24.3. The van der Waals surface area contributed by atoms with Crippen molar-refractivity contribution in [1.29, 1.82) is 0 Å². The molecule has 6 heteroatoms. The molecule has 0 amide bonds. The fraction of sp³-hybridized carbons (Fsp3) is 0.448. The highest BCUT2D eigenvalue weighted by Crippen LogP contribution is 2.40. The molecule has 0 spiro atoms. The van der Waals surface area contributed by atoms with Gasteiger partial charge in [-0.2, -0.15) is 0 Å². The third-order valence-electron chi connectivity index (χ3n) is 7.62. The van der Waals surface area contributed by atoms with Gasteiger partial charge in [-0.3, -0.25) is 0 Å². The van der Waals surface area contributed by atoms with E-state index >= 15 is 4.39 Å². The number of hydrogen-bond acceptors (Lipinski definition) is 2. The zero-order valence-electron chi connectivity index (χ0n) is 19.8. The largest absolute Gasteiger partial charge is 0.373 e. The van der Waals surface area contributed by atoms with E-state index in [1.165, 1.54) is 0 Å². The molecule has 3 aliphatic rings. The molecule has 2 aromatic carbocycles. The van der Waals surface area contributed by atoms with Gasteiger partial charge in [0.15, 0.2) is 17.5 Å². The summed E-state index contributed by atoms with van der Waals surface area (Å²) in [6, 6.07) is 10.9. The number of benzene rings is 2. The molecule has 2 aromatic rings. The first-order chi connectivity index (χ1) is 17.0. The summed E-state index contributed by atoms with van der Waals surface area (Å²) in [5.74, 6) is -3.77. The summed E-state index contributed by atoms with van der Waals surface area (Å²) in [6.07, 6.45) is 5.30. The Kier molecular flexibility index (Phi) is 7.12. The van der Waals surface area contributed by atoms with Crippen molar-refractivity contribution in [2.75, 3.05) is 13.2 Å². The first-order valence-electron chi connectivity index (χ1n) is 12.5. The fourth-order valence-corrected chi connectivity index (χ4v) is 5.27. The van der Waals surface area contributed by atoms with E-state index in [-0.39, 0.29) is 35.9 Å². The second-order valence-corrected chi connectivity index (χ2v) is 9.77. The van der Waals surface area contributed by atoms with Crippen molar-refractivity contribution in [3.8, 4) is 11.1 Å². The highest BCUT2D eigenvalue weighted by molar-refractivity contribution is 5.65. The normalized spacial score (nSPS) is 26.6. The Morgan fingerprint density at radius 3 is 2.29 bits per heavy atom. The Hall–Kier alpha value is -2.44. The Morgan fingerprint density at radius 1 is 0.914 bits per heavy atom. The van der Waals surface area contributed by atoms with Crippen LogP contribution in [0.2, 0.25) is 0 Å². The summed E-state index contributed by atoms with van der Waals surface area (Å²) in [6.45, 7) is 2.54. The molecule has 186 valence electrons. The molecule has 0 bridgehead atoms. The number of hydrogen-bond donors (Lipinski definition) is 0. The second-order valence-electron chi connectivity index (χ2n) is 9.77. The average molecular weight is 487 g/mol. The van der Waals surface area contributed by atoms with Crippen molar-refractivity contribution >= 4 is 0 Å². The molecule has 2 fully saturated rings. The maximum Gasteiger partial charge on any atom is 0.166 e. The highest BCUT2D eigenvalue weighted by atomic mass is 19.2. The van der Waals surface area contributed by atoms with Crippen molar-refractivity contribution in [3.05, 3.63) is 82.5 Å². The summed E-state index contributed by atoms with van der Waals surface area (Å²) in [4.78, 5) is 0. The fourth-order valence-electron chi connectivity index (χ4n) is 5.27. The molecule has 1 saturated carbocycles. The first-order valence-corrected chi connectivity index (χ1v) is 12.5. The van der Waals surface area contributed by atoms with Crippen molar-refractivity contribution in [2.45, 2.75) is 63.6 Å². The van der Waals surface area contributed by atoms with Crippen LogP contribution in [-0.2, 0) is 15.9 Å². The molecule has 2 nitrogen and oxygen atoms in total. The van der Waals surface area contributed by atoms with Crippen LogP contribution in [0.25, 0.3) is 11.1 Å². The number of allylic oxidation sites excluding steroid dienone is 1. The second kappa shape index (κ2) is 10.3. The van der Waals surface area contributed by atoms with E-state index in [1.54, 1.807) is 18.2 Å². The molecule has 2 unspecified atom stereocenters. The van der Waals surface area contributed by atoms with E-state index in [4.69, 9.17) is 9.47 Å². The summed E-state index contributed by atoms with van der Waals surface area (Å²) >= 11 is 0. The monoisotopic (exact) mass is 486 g/mol. The Bertz CT molecular complexity index is 1130. The van der Waals surface area contributed by atoms with Crippen LogP contribution in [0, 0.1) is 17.6 Å². The molecule has 1 saturated heterocycles. The van der Waals surface area contributed by atoms with Gasteiger partial charge in [0.2, 0.25) is 0 Å². The van der Waals surface area contributed by atoms with Gasteiger partial charge in [-0.25, -0.2) is 17.6 Å². The van der Waals surface area contributed by atoms with Crippen LogP contribution < -0.4 is 0 Å². The summed E-state index contributed by atoms with van der Waals surface area (Å²) in [5, 5.41) is 0. The Labute approximate surface area is 203 Å². The quantitative estimate of drug-likeness (QED) is 0.295. The molecule has 0 N–H and O–H groups in total. The minimum atomic E-state index is -0.826. The summed E-state index contributed by atoms with van der Waals surface area (Å²) in [5.41, 5.74) is 2.72. The zero-order chi connectivity index (χ0) is 24.5. The lowest BCUT2D eigenvalue weighted by molar-refractivity contribution is 0.0374. The van der Waals surface area contributed by atoms with Crippen molar-refractivity contribution in [2.24, 2.45) is 5.92 Å².